The number of anilines is 1. The van der Waals surface area contributed by atoms with Crippen LogP contribution in [0, 0.1) is 0 Å². The highest BCUT2D eigenvalue weighted by atomic mass is 35.5. The summed E-state index contributed by atoms with van der Waals surface area (Å²) in [6, 6.07) is 4.62. The molecule has 0 bridgehead atoms. The number of halogens is 3. The zero-order chi connectivity index (χ0) is 14.2. The van der Waals surface area contributed by atoms with Gasteiger partial charge < -0.3 is 4.57 Å². The van der Waals surface area contributed by atoms with E-state index in [2.05, 4.69) is 9.71 Å². The number of aromatic nitrogens is 2. The van der Waals surface area contributed by atoms with Crippen molar-refractivity contribution in [2.24, 2.45) is 7.05 Å². The van der Waals surface area contributed by atoms with Crippen LogP contribution < -0.4 is 4.72 Å². The highest BCUT2D eigenvalue weighted by Crippen LogP contribution is 2.31. The van der Waals surface area contributed by atoms with Crippen molar-refractivity contribution in [2.75, 3.05) is 4.72 Å². The van der Waals surface area contributed by atoms with Gasteiger partial charge in [-0.1, -0.05) is 40.9 Å². The average molecular weight is 341 g/mol. The van der Waals surface area contributed by atoms with E-state index in [1.54, 1.807) is 19.2 Å². The molecule has 0 radical (unpaired) electrons. The smallest absolute Gasteiger partial charge is 0.282 e. The van der Waals surface area contributed by atoms with Gasteiger partial charge >= 0.3 is 0 Å². The lowest BCUT2D eigenvalue weighted by molar-refractivity contribution is 0.598. The van der Waals surface area contributed by atoms with Gasteiger partial charge in [-0.3, -0.25) is 4.72 Å². The van der Waals surface area contributed by atoms with Gasteiger partial charge in [0.05, 0.1) is 22.1 Å². The minimum Gasteiger partial charge on any atom is -0.324 e. The molecule has 0 saturated heterocycles. The SMILES string of the molecule is Cn1cnc(S(=O)(=O)Nc2cccc(Cl)c2Cl)c1Cl. The van der Waals surface area contributed by atoms with Gasteiger partial charge in [0.25, 0.3) is 10.0 Å². The minimum atomic E-state index is -3.92. The average Bonchev–Trinajstić information content (AvgIpc) is 2.66. The van der Waals surface area contributed by atoms with Gasteiger partial charge in [0.15, 0.2) is 0 Å². The van der Waals surface area contributed by atoms with Gasteiger partial charge in [-0.05, 0) is 12.1 Å². The largest absolute Gasteiger partial charge is 0.324 e. The summed E-state index contributed by atoms with van der Waals surface area (Å²) < 4.78 is 27.9. The maximum absolute atomic E-state index is 12.1. The Balaban J connectivity index is 2.42. The summed E-state index contributed by atoms with van der Waals surface area (Å²) in [7, 11) is -2.34. The third-order valence-corrected chi connectivity index (χ3v) is 4.96. The van der Waals surface area contributed by atoms with Gasteiger partial charge in [-0.15, -0.1) is 0 Å². The van der Waals surface area contributed by atoms with Crippen LogP contribution in [0.4, 0.5) is 5.69 Å². The van der Waals surface area contributed by atoms with E-state index in [1.165, 1.54) is 17.0 Å². The molecule has 102 valence electrons. The number of nitrogens with one attached hydrogen (secondary N) is 1. The highest BCUT2D eigenvalue weighted by molar-refractivity contribution is 7.92. The van der Waals surface area contributed by atoms with Crippen molar-refractivity contribution < 1.29 is 8.42 Å². The Morgan fingerprint density at radius 1 is 1.26 bits per heavy atom. The first-order valence-electron chi connectivity index (χ1n) is 4.96. The lowest BCUT2D eigenvalue weighted by atomic mass is 10.3. The van der Waals surface area contributed by atoms with E-state index in [0.29, 0.717) is 0 Å². The summed E-state index contributed by atoms with van der Waals surface area (Å²) in [5.74, 6) is 0. The summed E-state index contributed by atoms with van der Waals surface area (Å²) >= 11 is 17.6. The van der Waals surface area contributed by atoms with E-state index in [9.17, 15) is 8.42 Å². The number of hydrogen-bond donors (Lipinski definition) is 1. The molecule has 0 saturated carbocycles. The number of imidazole rings is 1. The monoisotopic (exact) mass is 339 g/mol. The van der Waals surface area contributed by atoms with Crippen molar-refractivity contribution in [1.29, 1.82) is 0 Å². The first kappa shape index (κ1) is 14.5. The molecule has 0 aliphatic rings. The van der Waals surface area contributed by atoms with E-state index >= 15 is 0 Å². The second-order valence-electron chi connectivity index (χ2n) is 3.66. The molecule has 1 N–H and O–H groups in total. The quantitative estimate of drug-likeness (QED) is 0.933. The fourth-order valence-electron chi connectivity index (χ4n) is 1.35. The summed E-state index contributed by atoms with van der Waals surface area (Å²) in [6.45, 7) is 0. The van der Waals surface area contributed by atoms with Crippen molar-refractivity contribution in [3.8, 4) is 0 Å². The molecule has 2 aromatic rings. The van der Waals surface area contributed by atoms with Crippen molar-refractivity contribution in [2.45, 2.75) is 5.03 Å². The normalized spacial score (nSPS) is 11.6. The molecular weight excluding hydrogens is 333 g/mol. The summed E-state index contributed by atoms with van der Waals surface area (Å²) in [4.78, 5) is 3.74. The molecule has 0 aliphatic carbocycles. The number of nitrogens with zero attached hydrogens (tertiary/aromatic N) is 2. The van der Waals surface area contributed by atoms with Crippen LogP contribution >= 0.6 is 34.8 Å². The molecule has 0 amide bonds. The van der Waals surface area contributed by atoms with Crippen LogP contribution in [0.5, 0.6) is 0 Å². The van der Waals surface area contributed by atoms with Gasteiger partial charge in [0.2, 0.25) is 5.03 Å². The summed E-state index contributed by atoms with van der Waals surface area (Å²) in [6.07, 6.45) is 1.30. The Morgan fingerprint density at radius 2 is 1.95 bits per heavy atom. The standard InChI is InChI=1S/C10H8Cl3N3O2S/c1-16-5-14-10(9(16)13)19(17,18)15-7-4-2-3-6(11)8(7)12/h2-5,15H,1H3. The first-order valence-corrected chi connectivity index (χ1v) is 7.58. The molecule has 1 heterocycles. The fraction of sp³-hybridized carbons (Fsp3) is 0.100. The van der Waals surface area contributed by atoms with E-state index < -0.39 is 10.0 Å². The molecule has 9 heteroatoms. The molecule has 0 fully saturated rings. The number of hydrogen-bond acceptors (Lipinski definition) is 3. The molecular formula is C10H8Cl3N3O2S. The molecule has 1 aromatic carbocycles. The molecule has 0 spiro atoms. The van der Waals surface area contributed by atoms with Crippen molar-refractivity contribution in [3.05, 3.63) is 39.7 Å². The van der Waals surface area contributed by atoms with Gasteiger partial charge in [0.1, 0.15) is 5.15 Å². The zero-order valence-electron chi connectivity index (χ0n) is 9.56. The lowest BCUT2D eigenvalue weighted by Gasteiger charge is -2.09. The second kappa shape index (κ2) is 5.20. The second-order valence-corrected chi connectivity index (χ2v) is 6.40. The number of benzene rings is 1. The molecule has 0 aliphatic heterocycles. The number of aryl methyl sites for hydroxylation is 1. The molecule has 2 rings (SSSR count). The third-order valence-electron chi connectivity index (χ3n) is 2.28. The molecule has 1 aromatic heterocycles. The molecule has 5 nitrogen and oxygen atoms in total. The fourth-order valence-corrected chi connectivity index (χ4v) is 3.26. The minimum absolute atomic E-state index is 0.00523. The molecule has 0 atom stereocenters. The van der Waals surface area contributed by atoms with Gasteiger partial charge in [-0.25, -0.2) is 4.98 Å². The van der Waals surface area contributed by atoms with Crippen LogP contribution in [-0.2, 0) is 17.1 Å². The Bertz CT molecular complexity index is 728. The molecule has 19 heavy (non-hydrogen) atoms. The Hall–Kier alpha value is -0.950. The topological polar surface area (TPSA) is 64.0 Å². The third kappa shape index (κ3) is 2.81. The van der Waals surface area contributed by atoms with E-state index in [-0.39, 0.29) is 25.9 Å². The van der Waals surface area contributed by atoms with E-state index in [1.807, 2.05) is 0 Å². The van der Waals surface area contributed by atoms with Gasteiger partial charge in [0, 0.05) is 7.05 Å². The zero-order valence-corrected chi connectivity index (χ0v) is 12.6. The van der Waals surface area contributed by atoms with Crippen LogP contribution in [0.15, 0.2) is 29.6 Å². The van der Waals surface area contributed by atoms with E-state index in [4.69, 9.17) is 34.8 Å². The number of rotatable bonds is 3. The maximum atomic E-state index is 12.1. The van der Waals surface area contributed by atoms with E-state index in [0.717, 1.165) is 0 Å². The van der Waals surface area contributed by atoms with Crippen molar-refractivity contribution >= 4 is 50.5 Å². The Morgan fingerprint density at radius 3 is 2.53 bits per heavy atom. The first-order chi connectivity index (χ1) is 8.83. The predicted molar refractivity (Wildman–Crippen MR) is 75.5 cm³/mol. The lowest BCUT2D eigenvalue weighted by Crippen LogP contribution is -2.14. The Kier molecular flexibility index (Phi) is 3.96. The van der Waals surface area contributed by atoms with Crippen LogP contribution in [0.2, 0.25) is 15.2 Å². The molecule has 0 unspecified atom stereocenters. The summed E-state index contributed by atoms with van der Waals surface area (Å²) in [5.41, 5.74) is 0.163. The Labute approximate surface area is 125 Å². The van der Waals surface area contributed by atoms with Crippen LogP contribution in [0.1, 0.15) is 0 Å². The van der Waals surface area contributed by atoms with Gasteiger partial charge in [-0.2, -0.15) is 8.42 Å². The predicted octanol–water partition coefficient (Wildman–Crippen LogP) is 3.18. The number of sulfonamides is 1. The van der Waals surface area contributed by atoms with Crippen LogP contribution in [-0.4, -0.2) is 18.0 Å². The summed E-state index contributed by atoms with van der Waals surface area (Å²) in [5, 5.41) is 0.0899. The maximum Gasteiger partial charge on any atom is 0.282 e. The van der Waals surface area contributed by atoms with Crippen molar-refractivity contribution in [3.63, 3.8) is 0 Å². The highest BCUT2D eigenvalue weighted by Gasteiger charge is 2.23. The van der Waals surface area contributed by atoms with Crippen molar-refractivity contribution in [1.82, 2.24) is 9.55 Å². The van der Waals surface area contributed by atoms with Crippen LogP contribution in [0.25, 0.3) is 0 Å². The van der Waals surface area contributed by atoms with Crippen LogP contribution in [0.3, 0.4) is 0 Å².